The van der Waals surface area contributed by atoms with Gasteiger partial charge in [-0.05, 0) is 25.2 Å². The molecular formula is C14H20BrNOSi. The third-order valence-electron chi connectivity index (χ3n) is 2.92. The molecule has 0 saturated carbocycles. The predicted octanol–water partition coefficient (Wildman–Crippen LogP) is 3.86. The van der Waals surface area contributed by atoms with Crippen molar-refractivity contribution in [2.24, 2.45) is 4.99 Å². The Morgan fingerprint density at radius 1 is 1.28 bits per heavy atom. The first-order valence-corrected chi connectivity index (χ1v) is 10.9. The van der Waals surface area contributed by atoms with Gasteiger partial charge in [-0.2, -0.15) is 0 Å². The van der Waals surface area contributed by atoms with Crippen LogP contribution in [0.4, 0.5) is 0 Å². The van der Waals surface area contributed by atoms with Crippen LogP contribution in [-0.4, -0.2) is 31.5 Å². The van der Waals surface area contributed by atoms with E-state index in [4.69, 9.17) is 9.42 Å². The molecule has 4 heteroatoms. The molecule has 0 radical (unpaired) electrons. The van der Waals surface area contributed by atoms with Crippen molar-refractivity contribution in [2.75, 3.05) is 5.33 Å². The summed E-state index contributed by atoms with van der Waals surface area (Å²) < 4.78 is 6.25. The van der Waals surface area contributed by atoms with Crippen LogP contribution in [0, 0.1) is 0 Å². The van der Waals surface area contributed by atoms with Gasteiger partial charge in [0.2, 0.25) is 0 Å². The highest BCUT2D eigenvalue weighted by molar-refractivity contribution is 9.09. The smallest absolute Gasteiger partial charge is 0.184 e. The maximum atomic E-state index is 6.25. The molecule has 1 aromatic rings. The zero-order chi connectivity index (χ0) is 13.2. The molecule has 2 rings (SSSR count). The fraction of sp³-hybridized carbons (Fsp3) is 0.500. The Bertz CT molecular complexity index is 427. The van der Waals surface area contributed by atoms with Crippen molar-refractivity contribution >= 4 is 30.0 Å². The Balaban J connectivity index is 2.13. The largest absolute Gasteiger partial charge is 0.412 e. The zero-order valence-corrected chi connectivity index (χ0v) is 13.8. The highest BCUT2D eigenvalue weighted by atomic mass is 79.9. The lowest BCUT2D eigenvalue weighted by Crippen LogP contribution is -2.37. The molecule has 0 N–H and O–H groups in total. The summed E-state index contributed by atoms with van der Waals surface area (Å²) in [6.45, 7) is 6.70. The minimum absolute atomic E-state index is 0.242. The normalized spacial score (nSPS) is 24.1. The van der Waals surface area contributed by atoms with Gasteiger partial charge in [-0.15, -0.1) is 0 Å². The number of hydrogen-bond acceptors (Lipinski definition) is 2. The van der Waals surface area contributed by atoms with Gasteiger partial charge in [0.05, 0.1) is 12.1 Å². The monoisotopic (exact) mass is 325 g/mol. The van der Waals surface area contributed by atoms with E-state index in [0.29, 0.717) is 0 Å². The summed E-state index contributed by atoms with van der Waals surface area (Å²) in [5.41, 5.74) is 2.41. The molecule has 2 atom stereocenters. The number of nitrogens with zero attached hydrogens (tertiary/aromatic N) is 1. The summed E-state index contributed by atoms with van der Waals surface area (Å²) in [5.74, 6) is 0. The molecule has 0 saturated heterocycles. The molecule has 0 bridgehead atoms. The summed E-state index contributed by atoms with van der Waals surface area (Å²) in [5, 5.41) is 0.873. The second-order valence-corrected chi connectivity index (χ2v) is 10.7. The van der Waals surface area contributed by atoms with Gasteiger partial charge < -0.3 is 4.43 Å². The van der Waals surface area contributed by atoms with Crippen LogP contribution in [0.5, 0.6) is 0 Å². The molecule has 0 aliphatic carbocycles. The first kappa shape index (κ1) is 14.0. The second-order valence-electron chi connectivity index (χ2n) is 5.64. The number of alkyl halides is 1. The van der Waals surface area contributed by atoms with Crippen LogP contribution in [0.2, 0.25) is 19.6 Å². The average molecular weight is 326 g/mol. The molecule has 2 unspecified atom stereocenters. The van der Waals surface area contributed by atoms with E-state index in [1.807, 2.05) is 6.07 Å². The molecule has 0 fully saturated rings. The van der Waals surface area contributed by atoms with Crippen molar-refractivity contribution in [3.8, 4) is 0 Å². The van der Waals surface area contributed by atoms with Gasteiger partial charge in [0, 0.05) is 17.5 Å². The van der Waals surface area contributed by atoms with Crippen LogP contribution in [-0.2, 0) is 4.43 Å². The third kappa shape index (κ3) is 3.53. The summed E-state index contributed by atoms with van der Waals surface area (Å²) in [6.07, 6.45) is 1.18. The first-order valence-electron chi connectivity index (χ1n) is 6.35. The molecule has 98 valence electrons. The van der Waals surface area contributed by atoms with Gasteiger partial charge in [0.15, 0.2) is 8.32 Å². The van der Waals surface area contributed by atoms with Gasteiger partial charge in [-0.25, -0.2) is 0 Å². The molecule has 0 amide bonds. The molecule has 18 heavy (non-hydrogen) atoms. The Morgan fingerprint density at radius 3 is 2.50 bits per heavy atom. The minimum Gasteiger partial charge on any atom is -0.412 e. The van der Waals surface area contributed by atoms with Crippen LogP contribution >= 0.6 is 15.9 Å². The predicted molar refractivity (Wildman–Crippen MR) is 83.4 cm³/mol. The quantitative estimate of drug-likeness (QED) is 0.608. The van der Waals surface area contributed by atoms with Gasteiger partial charge in [0.25, 0.3) is 0 Å². The topological polar surface area (TPSA) is 21.6 Å². The van der Waals surface area contributed by atoms with Crippen LogP contribution < -0.4 is 0 Å². The Kier molecular flexibility index (Phi) is 4.40. The number of hydrogen-bond donors (Lipinski definition) is 0. The van der Waals surface area contributed by atoms with Crippen molar-refractivity contribution in [1.82, 2.24) is 0 Å². The highest BCUT2D eigenvalue weighted by Crippen LogP contribution is 2.25. The summed E-state index contributed by atoms with van der Waals surface area (Å²) in [6, 6.07) is 10.7. The maximum Gasteiger partial charge on any atom is 0.184 e. The summed E-state index contributed by atoms with van der Waals surface area (Å²) in [4.78, 5) is 4.81. The van der Waals surface area contributed by atoms with Crippen molar-refractivity contribution in [3.63, 3.8) is 0 Å². The zero-order valence-electron chi connectivity index (χ0n) is 11.2. The van der Waals surface area contributed by atoms with Crippen LogP contribution in [0.1, 0.15) is 12.0 Å². The lowest BCUT2D eigenvalue weighted by Gasteiger charge is -2.26. The SMILES string of the molecule is C[Si](C)(C)OC1CC(c2ccccc2)=NC1CBr. The van der Waals surface area contributed by atoms with E-state index in [0.717, 1.165) is 11.8 Å². The Morgan fingerprint density at radius 2 is 1.94 bits per heavy atom. The van der Waals surface area contributed by atoms with E-state index in [1.165, 1.54) is 11.3 Å². The molecule has 1 aromatic carbocycles. The lowest BCUT2D eigenvalue weighted by molar-refractivity contribution is 0.190. The van der Waals surface area contributed by atoms with Crippen molar-refractivity contribution in [1.29, 1.82) is 0 Å². The first-order chi connectivity index (χ1) is 8.49. The van der Waals surface area contributed by atoms with E-state index < -0.39 is 8.32 Å². The molecule has 0 aromatic heterocycles. The summed E-state index contributed by atoms with van der Waals surface area (Å²) >= 11 is 3.55. The van der Waals surface area contributed by atoms with E-state index in [-0.39, 0.29) is 12.1 Å². The van der Waals surface area contributed by atoms with Gasteiger partial charge in [0.1, 0.15) is 0 Å². The van der Waals surface area contributed by atoms with Gasteiger partial charge in [-0.3, -0.25) is 4.99 Å². The van der Waals surface area contributed by atoms with E-state index in [1.54, 1.807) is 0 Å². The van der Waals surface area contributed by atoms with E-state index in [9.17, 15) is 0 Å². The minimum atomic E-state index is -1.51. The maximum absolute atomic E-state index is 6.25. The number of aliphatic imine (C=N–C) groups is 1. The van der Waals surface area contributed by atoms with Crippen molar-refractivity contribution in [3.05, 3.63) is 35.9 Å². The Hall–Kier alpha value is -0.453. The second kappa shape index (κ2) is 5.68. The molecule has 1 aliphatic heterocycles. The molecule has 1 aliphatic rings. The van der Waals surface area contributed by atoms with E-state index in [2.05, 4.69) is 59.8 Å². The Labute approximate surface area is 119 Å². The molecular weight excluding hydrogens is 306 g/mol. The standard InChI is InChI=1S/C14H20BrNOSi/c1-18(2,3)17-14-9-12(16-13(14)10-15)11-7-5-4-6-8-11/h4-8,13-14H,9-10H2,1-3H3. The molecule has 1 heterocycles. The fourth-order valence-electron chi connectivity index (χ4n) is 2.19. The van der Waals surface area contributed by atoms with E-state index >= 15 is 0 Å². The molecule has 0 spiro atoms. The van der Waals surface area contributed by atoms with Crippen molar-refractivity contribution < 1.29 is 4.43 Å². The van der Waals surface area contributed by atoms with Crippen LogP contribution in [0.3, 0.4) is 0 Å². The number of halogens is 1. The highest BCUT2D eigenvalue weighted by Gasteiger charge is 2.33. The molecule has 2 nitrogen and oxygen atoms in total. The van der Waals surface area contributed by atoms with Crippen LogP contribution in [0.25, 0.3) is 0 Å². The lowest BCUT2D eigenvalue weighted by atomic mass is 10.1. The summed E-state index contributed by atoms with van der Waals surface area (Å²) in [7, 11) is -1.51. The third-order valence-corrected chi connectivity index (χ3v) is 4.59. The van der Waals surface area contributed by atoms with Crippen molar-refractivity contribution in [2.45, 2.75) is 38.2 Å². The number of benzene rings is 1. The van der Waals surface area contributed by atoms with Crippen LogP contribution in [0.15, 0.2) is 35.3 Å². The fourth-order valence-corrected chi connectivity index (χ4v) is 3.90. The van der Waals surface area contributed by atoms with Gasteiger partial charge in [-0.1, -0.05) is 46.3 Å². The van der Waals surface area contributed by atoms with Gasteiger partial charge >= 0.3 is 0 Å². The number of rotatable bonds is 4. The average Bonchev–Trinajstić information content (AvgIpc) is 2.71.